The first-order valence-corrected chi connectivity index (χ1v) is 7.67. The van der Waals surface area contributed by atoms with Gasteiger partial charge in [-0.2, -0.15) is 0 Å². The molecule has 0 radical (unpaired) electrons. The Kier molecular flexibility index (Phi) is 3.45. The van der Waals surface area contributed by atoms with Crippen LogP contribution < -0.4 is 5.32 Å². The summed E-state index contributed by atoms with van der Waals surface area (Å²) >= 11 is 0. The third-order valence-corrected chi connectivity index (χ3v) is 4.81. The van der Waals surface area contributed by atoms with Gasteiger partial charge in [0.2, 0.25) is 0 Å². The van der Waals surface area contributed by atoms with Crippen molar-refractivity contribution in [3.63, 3.8) is 0 Å². The van der Waals surface area contributed by atoms with Crippen LogP contribution in [0.4, 0.5) is 0 Å². The van der Waals surface area contributed by atoms with E-state index < -0.39 is 0 Å². The standard InChI is InChI=1S/C17H25N3/c1-17(2)9-8-13(14-6-4-5-7-15(14)17)12-19-16-18-10-11-20(16)3/h4-7,13H,8-12H2,1-3H3,(H,18,19). The summed E-state index contributed by atoms with van der Waals surface area (Å²) in [5, 5.41) is 3.55. The molecule has 0 fully saturated rings. The number of likely N-dealkylation sites (N-methyl/N-ethyl adjacent to an activating group) is 1. The summed E-state index contributed by atoms with van der Waals surface area (Å²) in [4.78, 5) is 6.72. The number of benzene rings is 1. The van der Waals surface area contributed by atoms with Crippen molar-refractivity contribution in [1.82, 2.24) is 10.2 Å². The van der Waals surface area contributed by atoms with E-state index in [0.29, 0.717) is 11.3 Å². The highest BCUT2D eigenvalue weighted by Gasteiger charge is 2.32. The van der Waals surface area contributed by atoms with Gasteiger partial charge >= 0.3 is 0 Å². The summed E-state index contributed by atoms with van der Waals surface area (Å²) in [7, 11) is 2.11. The van der Waals surface area contributed by atoms with Crippen LogP contribution in [0.3, 0.4) is 0 Å². The van der Waals surface area contributed by atoms with Crippen molar-refractivity contribution in [3.05, 3.63) is 35.4 Å². The molecule has 3 nitrogen and oxygen atoms in total. The van der Waals surface area contributed by atoms with Crippen molar-refractivity contribution in [2.24, 2.45) is 4.99 Å². The third-order valence-electron chi connectivity index (χ3n) is 4.81. The summed E-state index contributed by atoms with van der Waals surface area (Å²) in [5.74, 6) is 1.67. The number of aliphatic imine (C=N–C) groups is 1. The Labute approximate surface area is 122 Å². The lowest BCUT2D eigenvalue weighted by atomic mass is 9.69. The van der Waals surface area contributed by atoms with Gasteiger partial charge in [0, 0.05) is 26.1 Å². The lowest BCUT2D eigenvalue weighted by Gasteiger charge is -2.37. The van der Waals surface area contributed by atoms with Crippen LogP contribution in [0.15, 0.2) is 29.3 Å². The van der Waals surface area contributed by atoms with E-state index >= 15 is 0 Å². The predicted molar refractivity (Wildman–Crippen MR) is 84.4 cm³/mol. The minimum absolute atomic E-state index is 0.314. The largest absolute Gasteiger partial charge is 0.356 e. The summed E-state index contributed by atoms with van der Waals surface area (Å²) in [6.45, 7) is 7.69. The molecule has 0 saturated carbocycles. The van der Waals surface area contributed by atoms with Crippen LogP contribution in [0, 0.1) is 0 Å². The lowest BCUT2D eigenvalue weighted by Crippen LogP contribution is -2.39. The molecule has 1 aromatic carbocycles. The van der Waals surface area contributed by atoms with E-state index in [1.807, 2.05) is 0 Å². The molecule has 20 heavy (non-hydrogen) atoms. The first-order chi connectivity index (χ1) is 9.58. The van der Waals surface area contributed by atoms with Crippen molar-refractivity contribution in [2.45, 2.75) is 38.0 Å². The van der Waals surface area contributed by atoms with Gasteiger partial charge in [0.05, 0.1) is 6.54 Å². The van der Waals surface area contributed by atoms with Crippen molar-refractivity contribution >= 4 is 5.96 Å². The fourth-order valence-electron chi connectivity index (χ4n) is 3.44. The summed E-state index contributed by atoms with van der Waals surface area (Å²) in [6, 6.07) is 8.96. The van der Waals surface area contributed by atoms with E-state index in [1.165, 1.54) is 24.0 Å². The molecule has 1 aliphatic carbocycles. The van der Waals surface area contributed by atoms with Crippen LogP contribution in [-0.4, -0.2) is 37.5 Å². The van der Waals surface area contributed by atoms with E-state index in [1.54, 1.807) is 0 Å². The second-order valence-electron chi connectivity index (χ2n) is 6.71. The van der Waals surface area contributed by atoms with Crippen LogP contribution in [0.1, 0.15) is 43.7 Å². The molecule has 1 atom stereocenters. The Bertz CT molecular complexity index is 519. The van der Waals surface area contributed by atoms with Gasteiger partial charge < -0.3 is 10.2 Å². The molecule has 0 spiro atoms. The lowest BCUT2D eigenvalue weighted by molar-refractivity contribution is 0.388. The van der Waals surface area contributed by atoms with E-state index in [2.05, 4.69) is 60.4 Å². The molecule has 0 bridgehead atoms. The molecule has 3 rings (SSSR count). The molecule has 1 heterocycles. The van der Waals surface area contributed by atoms with E-state index in [4.69, 9.17) is 0 Å². The smallest absolute Gasteiger partial charge is 0.193 e. The monoisotopic (exact) mass is 271 g/mol. The Morgan fingerprint density at radius 2 is 2.15 bits per heavy atom. The molecule has 0 aromatic heterocycles. The number of fused-ring (bicyclic) bond motifs is 1. The summed E-state index contributed by atoms with van der Waals surface area (Å²) in [5.41, 5.74) is 3.37. The molecule has 1 N–H and O–H groups in total. The van der Waals surface area contributed by atoms with Gasteiger partial charge in [0.15, 0.2) is 5.96 Å². The zero-order valence-corrected chi connectivity index (χ0v) is 12.8. The van der Waals surface area contributed by atoms with Gasteiger partial charge in [-0.3, -0.25) is 4.99 Å². The van der Waals surface area contributed by atoms with Gasteiger partial charge in [-0.1, -0.05) is 38.1 Å². The topological polar surface area (TPSA) is 27.6 Å². The first kappa shape index (κ1) is 13.5. The third kappa shape index (κ3) is 2.41. The molecule has 2 aliphatic rings. The SMILES string of the molecule is CN1CCN=C1NCC1CCC(C)(C)c2ccccc21. The van der Waals surface area contributed by atoms with Gasteiger partial charge in [0.25, 0.3) is 0 Å². The zero-order chi connectivity index (χ0) is 14.2. The van der Waals surface area contributed by atoms with Gasteiger partial charge in [-0.25, -0.2) is 0 Å². The molecule has 1 aliphatic heterocycles. The molecule has 3 heteroatoms. The fourth-order valence-corrected chi connectivity index (χ4v) is 3.44. The average Bonchev–Trinajstić information content (AvgIpc) is 2.84. The number of hydrogen-bond donors (Lipinski definition) is 1. The minimum atomic E-state index is 0.314. The van der Waals surface area contributed by atoms with E-state index in [9.17, 15) is 0 Å². The Hall–Kier alpha value is -1.51. The maximum absolute atomic E-state index is 4.52. The molecule has 108 valence electrons. The number of rotatable bonds is 2. The number of nitrogens with zero attached hydrogens (tertiary/aromatic N) is 2. The van der Waals surface area contributed by atoms with Crippen molar-refractivity contribution < 1.29 is 0 Å². The minimum Gasteiger partial charge on any atom is -0.356 e. The molecule has 1 aromatic rings. The maximum atomic E-state index is 4.52. The summed E-state index contributed by atoms with van der Waals surface area (Å²) in [6.07, 6.45) is 2.52. The first-order valence-electron chi connectivity index (χ1n) is 7.67. The number of nitrogens with one attached hydrogen (secondary N) is 1. The number of hydrogen-bond acceptors (Lipinski definition) is 3. The molecule has 0 amide bonds. The van der Waals surface area contributed by atoms with Crippen LogP contribution in [0.5, 0.6) is 0 Å². The zero-order valence-electron chi connectivity index (χ0n) is 12.8. The predicted octanol–water partition coefficient (Wildman–Crippen LogP) is 2.73. The van der Waals surface area contributed by atoms with Crippen LogP contribution in [-0.2, 0) is 5.41 Å². The highest BCUT2D eigenvalue weighted by atomic mass is 15.3. The Morgan fingerprint density at radius 3 is 2.90 bits per heavy atom. The normalized spacial score (nSPS) is 24.2. The highest BCUT2D eigenvalue weighted by molar-refractivity contribution is 5.81. The second kappa shape index (κ2) is 5.12. The van der Waals surface area contributed by atoms with E-state index in [-0.39, 0.29) is 0 Å². The van der Waals surface area contributed by atoms with E-state index in [0.717, 1.165) is 25.6 Å². The fraction of sp³-hybridized carbons (Fsp3) is 0.588. The molecular formula is C17H25N3. The average molecular weight is 271 g/mol. The second-order valence-corrected chi connectivity index (χ2v) is 6.71. The highest BCUT2D eigenvalue weighted by Crippen LogP contribution is 2.42. The van der Waals surface area contributed by atoms with Crippen molar-refractivity contribution in [2.75, 3.05) is 26.7 Å². The van der Waals surface area contributed by atoms with Crippen LogP contribution >= 0.6 is 0 Å². The summed E-state index contributed by atoms with van der Waals surface area (Å²) < 4.78 is 0. The Morgan fingerprint density at radius 1 is 1.35 bits per heavy atom. The number of guanidine groups is 1. The quantitative estimate of drug-likeness (QED) is 0.895. The molecule has 1 unspecified atom stereocenters. The van der Waals surface area contributed by atoms with Crippen molar-refractivity contribution in [3.8, 4) is 0 Å². The molecular weight excluding hydrogens is 246 g/mol. The van der Waals surface area contributed by atoms with Crippen LogP contribution in [0.25, 0.3) is 0 Å². The molecule has 0 saturated heterocycles. The van der Waals surface area contributed by atoms with Gasteiger partial charge in [-0.05, 0) is 29.4 Å². The van der Waals surface area contributed by atoms with Crippen LogP contribution in [0.2, 0.25) is 0 Å². The van der Waals surface area contributed by atoms with Gasteiger partial charge in [-0.15, -0.1) is 0 Å². The van der Waals surface area contributed by atoms with Crippen molar-refractivity contribution in [1.29, 1.82) is 0 Å². The van der Waals surface area contributed by atoms with Gasteiger partial charge in [0.1, 0.15) is 0 Å². The Balaban J connectivity index is 1.75. The maximum Gasteiger partial charge on any atom is 0.193 e.